The van der Waals surface area contributed by atoms with Crippen LogP contribution in [0.2, 0.25) is 5.02 Å². The number of hydrogen-bond donors (Lipinski definition) is 1. The van der Waals surface area contributed by atoms with Gasteiger partial charge in [-0.15, -0.1) is 0 Å². The molecule has 1 amide bonds. The summed E-state index contributed by atoms with van der Waals surface area (Å²) < 4.78 is 16.3. The molecule has 2 aromatic rings. The predicted molar refractivity (Wildman–Crippen MR) is 114 cm³/mol. The zero-order valence-corrected chi connectivity index (χ0v) is 17.8. The number of hydrogen-bond acceptors (Lipinski definition) is 4. The van der Waals surface area contributed by atoms with Crippen LogP contribution >= 0.6 is 11.6 Å². The van der Waals surface area contributed by atoms with Crippen molar-refractivity contribution in [1.29, 1.82) is 0 Å². The number of halogens is 2. The summed E-state index contributed by atoms with van der Waals surface area (Å²) in [6.07, 6.45) is 10.7. The van der Waals surface area contributed by atoms with Crippen LogP contribution in [0.15, 0.2) is 35.7 Å². The van der Waals surface area contributed by atoms with Crippen LogP contribution in [0.4, 0.5) is 10.1 Å². The molecule has 4 saturated carbocycles. The van der Waals surface area contributed by atoms with Gasteiger partial charge in [-0.3, -0.25) is 9.48 Å². The maximum atomic E-state index is 14.2. The van der Waals surface area contributed by atoms with Crippen molar-refractivity contribution >= 4 is 28.9 Å². The van der Waals surface area contributed by atoms with Crippen molar-refractivity contribution < 1.29 is 14.0 Å². The second-order valence-corrected chi connectivity index (χ2v) is 10.1. The van der Waals surface area contributed by atoms with Crippen LogP contribution in [0.1, 0.15) is 50.5 Å². The molecular weight excluding hydrogens is 419 g/mol. The number of aromatic nitrogens is 2. The van der Waals surface area contributed by atoms with E-state index in [1.165, 1.54) is 50.7 Å². The Hall–Kier alpha value is -2.41. The maximum absolute atomic E-state index is 14.2. The topological polar surface area (TPSA) is 68.5 Å². The van der Waals surface area contributed by atoms with Crippen LogP contribution in [-0.4, -0.2) is 27.5 Å². The summed E-state index contributed by atoms with van der Waals surface area (Å²) in [5.41, 5.74) is 1.29. The Morgan fingerprint density at radius 3 is 2.58 bits per heavy atom. The molecule has 7 rings (SSSR count). The third-order valence-electron chi connectivity index (χ3n) is 7.55. The fourth-order valence-electron chi connectivity index (χ4n) is 6.65. The molecule has 1 aromatic heterocycles. The van der Waals surface area contributed by atoms with Gasteiger partial charge in [-0.25, -0.2) is 4.39 Å². The maximum Gasteiger partial charge on any atom is 0.268 e. The summed E-state index contributed by atoms with van der Waals surface area (Å²) in [6, 6.07) is 4.44. The Morgan fingerprint density at radius 1 is 1.19 bits per heavy atom. The van der Waals surface area contributed by atoms with Crippen molar-refractivity contribution in [3.05, 3.63) is 47.0 Å². The van der Waals surface area contributed by atoms with E-state index in [1.54, 1.807) is 12.3 Å². The van der Waals surface area contributed by atoms with Crippen molar-refractivity contribution in [2.45, 2.75) is 56.6 Å². The molecule has 2 heterocycles. The fourth-order valence-corrected chi connectivity index (χ4v) is 6.93. The van der Waals surface area contributed by atoms with E-state index in [4.69, 9.17) is 16.4 Å². The standard InChI is InChI=1S/C23H24ClFN4O2/c24-17-2-1-3-18(25)21(17)19-7-20(31-28-19)22(30)27-16-11-26-29(12-16)23-8-13-4-14(9-23)6-15(5-13)10-23/h1-3,11-15,20H,4-10H2,(H,27,30). The lowest BCUT2D eigenvalue weighted by Gasteiger charge is -2.56. The van der Waals surface area contributed by atoms with E-state index in [0.29, 0.717) is 11.4 Å². The monoisotopic (exact) mass is 442 g/mol. The van der Waals surface area contributed by atoms with E-state index in [1.807, 2.05) is 6.20 Å². The largest absolute Gasteiger partial charge is 0.382 e. The van der Waals surface area contributed by atoms with Gasteiger partial charge in [-0.05, 0) is 68.4 Å². The van der Waals surface area contributed by atoms with Crippen molar-refractivity contribution in [1.82, 2.24) is 9.78 Å². The minimum Gasteiger partial charge on any atom is -0.382 e. The van der Waals surface area contributed by atoms with Crippen molar-refractivity contribution in [3.8, 4) is 0 Å². The highest BCUT2D eigenvalue weighted by molar-refractivity contribution is 6.34. The van der Waals surface area contributed by atoms with Gasteiger partial charge >= 0.3 is 0 Å². The van der Waals surface area contributed by atoms with Gasteiger partial charge in [-0.2, -0.15) is 5.10 Å². The van der Waals surface area contributed by atoms with Crippen molar-refractivity contribution in [2.24, 2.45) is 22.9 Å². The molecule has 1 unspecified atom stereocenters. The first-order valence-electron chi connectivity index (χ1n) is 11.0. The Kier molecular flexibility index (Phi) is 4.39. The first-order chi connectivity index (χ1) is 15.0. The molecule has 0 saturated heterocycles. The SMILES string of the molecule is O=C(Nc1cnn(C23CC4CC(CC(C4)C2)C3)c1)C1CC(c2c(F)cccc2Cl)=NO1. The highest BCUT2D eigenvalue weighted by atomic mass is 35.5. The van der Waals surface area contributed by atoms with E-state index in [9.17, 15) is 9.18 Å². The van der Waals surface area contributed by atoms with Gasteiger partial charge in [0.25, 0.3) is 5.91 Å². The van der Waals surface area contributed by atoms with Crippen LogP contribution in [0, 0.1) is 23.6 Å². The van der Waals surface area contributed by atoms with Crippen molar-refractivity contribution in [2.75, 3.05) is 5.32 Å². The van der Waals surface area contributed by atoms with E-state index in [-0.39, 0.29) is 28.5 Å². The van der Waals surface area contributed by atoms with Gasteiger partial charge in [-0.1, -0.05) is 22.8 Å². The van der Waals surface area contributed by atoms with Gasteiger partial charge in [0, 0.05) is 12.6 Å². The highest BCUT2D eigenvalue weighted by Gasteiger charge is 2.52. The third-order valence-corrected chi connectivity index (χ3v) is 7.87. The Labute approximate surface area is 184 Å². The molecule has 0 radical (unpaired) electrons. The molecule has 1 aliphatic heterocycles. The average molecular weight is 443 g/mol. The lowest BCUT2D eigenvalue weighted by molar-refractivity contribution is -0.125. The van der Waals surface area contributed by atoms with Crippen LogP contribution in [0.3, 0.4) is 0 Å². The van der Waals surface area contributed by atoms with Gasteiger partial charge < -0.3 is 10.2 Å². The zero-order valence-electron chi connectivity index (χ0n) is 17.1. The molecule has 4 fully saturated rings. The molecule has 6 nitrogen and oxygen atoms in total. The molecule has 8 heteroatoms. The summed E-state index contributed by atoms with van der Waals surface area (Å²) in [4.78, 5) is 18.0. The molecule has 0 spiro atoms. The number of rotatable bonds is 4. The van der Waals surface area contributed by atoms with Crippen LogP contribution < -0.4 is 5.32 Å². The molecule has 5 aliphatic rings. The number of carbonyl (C=O) groups is 1. The number of benzene rings is 1. The minimum atomic E-state index is -0.825. The first kappa shape index (κ1) is 19.3. The van der Waals surface area contributed by atoms with Gasteiger partial charge in [0.05, 0.1) is 33.7 Å². The van der Waals surface area contributed by atoms with E-state index in [2.05, 4.69) is 20.3 Å². The van der Waals surface area contributed by atoms with Gasteiger partial charge in [0.15, 0.2) is 0 Å². The Bertz CT molecular complexity index is 1030. The summed E-state index contributed by atoms with van der Waals surface area (Å²) in [6.45, 7) is 0. The zero-order chi connectivity index (χ0) is 21.2. The summed E-state index contributed by atoms with van der Waals surface area (Å²) in [5.74, 6) is 1.66. The summed E-state index contributed by atoms with van der Waals surface area (Å²) in [5, 5.41) is 11.7. The van der Waals surface area contributed by atoms with Gasteiger partial charge in [0.2, 0.25) is 6.10 Å². The predicted octanol–water partition coefficient (Wildman–Crippen LogP) is 4.73. The average Bonchev–Trinajstić information content (AvgIpc) is 3.37. The summed E-state index contributed by atoms with van der Waals surface area (Å²) >= 11 is 6.11. The quantitative estimate of drug-likeness (QED) is 0.744. The van der Waals surface area contributed by atoms with Crippen molar-refractivity contribution in [3.63, 3.8) is 0 Å². The van der Waals surface area contributed by atoms with E-state index >= 15 is 0 Å². The summed E-state index contributed by atoms with van der Waals surface area (Å²) in [7, 11) is 0. The molecule has 1 atom stereocenters. The third kappa shape index (κ3) is 3.25. The van der Waals surface area contributed by atoms with Crippen LogP contribution in [0.5, 0.6) is 0 Å². The number of anilines is 1. The van der Waals surface area contributed by atoms with E-state index < -0.39 is 11.9 Å². The number of carbonyl (C=O) groups excluding carboxylic acids is 1. The molecule has 4 aliphatic carbocycles. The second-order valence-electron chi connectivity index (χ2n) is 9.74. The molecule has 1 aromatic carbocycles. The number of nitrogens with zero attached hydrogens (tertiary/aromatic N) is 3. The number of amides is 1. The fraction of sp³-hybridized carbons (Fsp3) is 0.522. The Morgan fingerprint density at radius 2 is 1.90 bits per heavy atom. The first-order valence-corrected chi connectivity index (χ1v) is 11.4. The lowest BCUT2D eigenvalue weighted by atomic mass is 9.53. The molecular formula is C23H24ClFN4O2. The molecule has 162 valence electrons. The number of nitrogens with one attached hydrogen (secondary N) is 1. The second kappa shape index (κ2) is 7.05. The normalized spacial score (nSPS) is 33.3. The molecule has 4 bridgehead atoms. The highest BCUT2D eigenvalue weighted by Crippen LogP contribution is 2.58. The molecule has 31 heavy (non-hydrogen) atoms. The molecule has 1 N–H and O–H groups in total. The Balaban J connectivity index is 1.14. The minimum absolute atomic E-state index is 0.111. The lowest BCUT2D eigenvalue weighted by Crippen LogP contribution is -2.52. The smallest absolute Gasteiger partial charge is 0.268 e. The van der Waals surface area contributed by atoms with E-state index in [0.717, 1.165) is 17.8 Å². The van der Waals surface area contributed by atoms with Crippen LogP contribution in [0.25, 0.3) is 0 Å². The van der Waals surface area contributed by atoms with Gasteiger partial charge in [0.1, 0.15) is 5.82 Å². The van der Waals surface area contributed by atoms with Crippen LogP contribution in [-0.2, 0) is 15.2 Å². The number of oxime groups is 1.